The van der Waals surface area contributed by atoms with Crippen molar-refractivity contribution in [1.29, 1.82) is 0 Å². The second-order valence-electron chi connectivity index (χ2n) is 20.9. The lowest BCUT2D eigenvalue weighted by molar-refractivity contribution is -0.154. The minimum Gasteiger partial charge on any atom is -0.462 e. The van der Waals surface area contributed by atoms with Gasteiger partial charge in [0.05, 0.1) is 24.4 Å². The molecule has 8 unspecified atom stereocenters. The molecule has 0 rings (SSSR count). The number of esters is 3. The predicted octanol–water partition coefficient (Wildman–Crippen LogP) is 14.4. The molecule has 0 amide bonds. The Hall–Kier alpha value is -2.03. The molecule has 73 heavy (non-hydrogen) atoms. The average molecular weight is 1070 g/mol. The fourth-order valence-corrected chi connectivity index (χ4v) is 6.84. The largest absolute Gasteiger partial charge is 0.462 e. The Morgan fingerprint density at radius 3 is 0.904 bits per heavy atom. The van der Waals surface area contributed by atoms with Crippen LogP contribution in [0.15, 0.2) is 0 Å². The number of nitrogens with two attached hydrogens (primary N) is 2. The standard InChI is InChI=1S/2C18H37NO2.C13H28O.C7H15NO2.C3H7NO2.ClH/c2*1-6-7-8-9-10-11-12-13-14-15-16(2)21-18(20)17(3)19(4)5;1-3-4-5-6-7-8-9-10-11-12-13(2)14;1-4-5(2)10-7(9)6(3)8;1-3(4)6-2-5;/h2*16-17H,6-15H2,1-5H3;13-14H,3-12H2,1-2H3;5-6H,4,8H2,1-3H3;2-3H,4H2,1H3;1H. The van der Waals surface area contributed by atoms with Gasteiger partial charge in [0.1, 0.15) is 24.4 Å². The van der Waals surface area contributed by atoms with Crippen LogP contribution in [0.3, 0.4) is 0 Å². The summed E-state index contributed by atoms with van der Waals surface area (Å²) in [4.78, 5) is 47.4. The Labute approximate surface area is 458 Å². The van der Waals surface area contributed by atoms with Crippen molar-refractivity contribution in [2.75, 3.05) is 28.2 Å². The summed E-state index contributed by atoms with van der Waals surface area (Å²) in [6, 6.07) is -0.819. The number of aliphatic hydroxyl groups excluding tert-OH is 1. The third-order valence-corrected chi connectivity index (χ3v) is 12.6. The van der Waals surface area contributed by atoms with Crippen molar-refractivity contribution in [3.63, 3.8) is 0 Å². The molecule has 0 bridgehead atoms. The third kappa shape index (κ3) is 70.0. The van der Waals surface area contributed by atoms with E-state index in [1.165, 1.54) is 173 Å². The van der Waals surface area contributed by atoms with Gasteiger partial charge < -0.3 is 29.8 Å². The molecule has 0 saturated heterocycles. The summed E-state index contributed by atoms with van der Waals surface area (Å²) < 4.78 is 20.0. The number of unbranched alkanes of at least 4 members (excludes halogenated alkanes) is 24. The summed E-state index contributed by atoms with van der Waals surface area (Å²) in [7, 11) is 7.60. The zero-order valence-corrected chi connectivity index (χ0v) is 51.6. The maximum atomic E-state index is 11.8. The normalized spacial score (nSPS) is 13.9. The van der Waals surface area contributed by atoms with E-state index in [0.717, 1.165) is 25.7 Å². The fraction of sp³-hybridized carbons (Fsp3) is 0.932. The molecule has 0 aromatic carbocycles. The van der Waals surface area contributed by atoms with Crippen LogP contribution in [0.4, 0.5) is 0 Å². The number of rotatable bonds is 41. The van der Waals surface area contributed by atoms with Crippen LogP contribution in [-0.2, 0) is 38.1 Å². The number of nitrogens with zero attached hydrogens (tertiary/aromatic N) is 2. The summed E-state index contributed by atoms with van der Waals surface area (Å²) in [6.45, 7) is 23.8. The first-order chi connectivity index (χ1) is 34.1. The highest BCUT2D eigenvalue weighted by molar-refractivity contribution is 5.85. The summed E-state index contributed by atoms with van der Waals surface area (Å²) >= 11 is 0. The number of carbonyl (C=O) groups excluding carboxylic acids is 4. The first-order valence-electron chi connectivity index (χ1n) is 29.3. The van der Waals surface area contributed by atoms with Gasteiger partial charge in [-0.2, -0.15) is 0 Å². The number of carbonyl (C=O) groups is 4. The predicted molar refractivity (Wildman–Crippen MR) is 312 cm³/mol. The minimum absolute atomic E-state index is 0. The van der Waals surface area contributed by atoms with Crippen LogP contribution in [-0.4, -0.2) is 116 Å². The minimum atomic E-state index is -0.506. The van der Waals surface area contributed by atoms with Gasteiger partial charge in [-0.05, 0) is 122 Å². The third-order valence-electron chi connectivity index (χ3n) is 12.6. The average Bonchev–Trinajstić information content (AvgIpc) is 3.32. The van der Waals surface area contributed by atoms with Crippen LogP contribution in [0.25, 0.3) is 0 Å². The number of hydrogen-bond donors (Lipinski definition) is 3. The van der Waals surface area contributed by atoms with E-state index in [-0.39, 0.29) is 66.8 Å². The van der Waals surface area contributed by atoms with Crippen molar-refractivity contribution in [1.82, 2.24) is 9.80 Å². The molecule has 0 saturated carbocycles. The summed E-state index contributed by atoms with van der Waals surface area (Å²) in [5.41, 5.74) is 10.2. The van der Waals surface area contributed by atoms with Crippen molar-refractivity contribution in [2.45, 2.75) is 331 Å². The van der Waals surface area contributed by atoms with Crippen LogP contribution in [0, 0.1) is 0 Å². The fourth-order valence-electron chi connectivity index (χ4n) is 6.84. The van der Waals surface area contributed by atoms with Crippen LogP contribution >= 0.6 is 12.4 Å². The number of ether oxygens (including phenoxy) is 4. The SMILES string of the molecule is CC(N)OC=O.CCC(C)OC(=O)C(C)N.CCCCCCCCCCCC(C)O.CCCCCCCCCCCC(C)OC(=O)C(C)N(C)C.CCCCCCCCCCCC(C)OC(=O)C(C)N(C)C.Cl. The molecule has 14 heteroatoms. The van der Waals surface area contributed by atoms with Gasteiger partial charge in [0.25, 0.3) is 6.47 Å². The highest BCUT2D eigenvalue weighted by atomic mass is 35.5. The molecule has 0 aromatic heterocycles. The summed E-state index contributed by atoms with van der Waals surface area (Å²) in [5, 5.41) is 9.05. The molecule has 0 aliphatic carbocycles. The second kappa shape index (κ2) is 62.5. The van der Waals surface area contributed by atoms with Crippen molar-refractivity contribution in [3.8, 4) is 0 Å². The number of halogens is 1. The van der Waals surface area contributed by atoms with Gasteiger partial charge in [0.15, 0.2) is 0 Å². The molecule has 0 fully saturated rings. The number of likely N-dealkylation sites (N-methyl/N-ethyl adjacent to an activating group) is 2. The smallest absolute Gasteiger partial charge is 0.323 e. The lowest BCUT2D eigenvalue weighted by Gasteiger charge is -2.21. The van der Waals surface area contributed by atoms with E-state index in [2.05, 4.69) is 25.5 Å². The molecular weight excluding hydrogens is 944 g/mol. The number of aliphatic hydroxyl groups is 1. The zero-order valence-electron chi connectivity index (χ0n) is 50.8. The maximum absolute atomic E-state index is 11.8. The molecule has 442 valence electrons. The van der Waals surface area contributed by atoms with Crippen LogP contribution < -0.4 is 11.5 Å². The summed E-state index contributed by atoms with van der Waals surface area (Å²) in [5.74, 6) is -0.541. The summed E-state index contributed by atoms with van der Waals surface area (Å²) in [6.07, 6.45) is 39.5. The highest BCUT2D eigenvalue weighted by Crippen LogP contribution is 2.15. The Balaban J connectivity index is -0.000000202. The van der Waals surface area contributed by atoms with E-state index in [0.29, 0.717) is 6.47 Å². The van der Waals surface area contributed by atoms with E-state index in [1.807, 2.05) is 86.5 Å². The maximum Gasteiger partial charge on any atom is 0.323 e. The highest BCUT2D eigenvalue weighted by Gasteiger charge is 2.20. The molecular formula is C59H125ClN4O9. The van der Waals surface area contributed by atoms with E-state index in [1.54, 1.807) is 13.8 Å². The molecule has 0 radical (unpaired) electrons. The van der Waals surface area contributed by atoms with Crippen LogP contribution in [0.2, 0.25) is 0 Å². The van der Waals surface area contributed by atoms with Crippen LogP contribution in [0.1, 0.15) is 282 Å². The van der Waals surface area contributed by atoms with Gasteiger partial charge in [0.2, 0.25) is 0 Å². The van der Waals surface area contributed by atoms with Gasteiger partial charge in [-0.25, -0.2) is 0 Å². The van der Waals surface area contributed by atoms with E-state index < -0.39 is 12.3 Å². The molecule has 8 atom stereocenters. The Morgan fingerprint density at radius 2 is 0.699 bits per heavy atom. The monoisotopic (exact) mass is 1070 g/mol. The van der Waals surface area contributed by atoms with E-state index >= 15 is 0 Å². The van der Waals surface area contributed by atoms with Crippen molar-refractivity contribution >= 4 is 36.8 Å². The Morgan fingerprint density at radius 1 is 0.438 bits per heavy atom. The van der Waals surface area contributed by atoms with Gasteiger partial charge in [0, 0.05) is 0 Å². The molecule has 13 nitrogen and oxygen atoms in total. The van der Waals surface area contributed by atoms with Crippen LogP contribution in [0.5, 0.6) is 0 Å². The molecule has 0 spiro atoms. The van der Waals surface area contributed by atoms with Gasteiger partial charge in [-0.15, -0.1) is 12.4 Å². The van der Waals surface area contributed by atoms with Crippen molar-refractivity contribution < 1.29 is 43.2 Å². The first kappa shape index (κ1) is 82.3. The Kier molecular flexibility index (Phi) is 70.5. The topological polar surface area (TPSA) is 184 Å². The van der Waals surface area contributed by atoms with E-state index in [9.17, 15) is 19.2 Å². The molecule has 0 aliphatic rings. The Bertz CT molecular complexity index is 1100. The van der Waals surface area contributed by atoms with Crippen molar-refractivity contribution in [2.24, 2.45) is 11.5 Å². The quantitative estimate of drug-likeness (QED) is 0.0173. The van der Waals surface area contributed by atoms with Gasteiger partial charge >= 0.3 is 17.9 Å². The molecule has 0 aliphatic heterocycles. The lowest BCUT2D eigenvalue weighted by atomic mass is 10.1. The van der Waals surface area contributed by atoms with E-state index in [4.69, 9.17) is 30.8 Å². The number of hydrogen-bond acceptors (Lipinski definition) is 13. The van der Waals surface area contributed by atoms with Crippen molar-refractivity contribution in [3.05, 3.63) is 0 Å². The van der Waals surface area contributed by atoms with Gasteiger partial charge in [-0.3, -0.25) is 34.7 Å². The first-order valence-corrected chi connectivity index (χ1v) is 29.3. The molecule has 5 N–H and O–H groups in total. The molecule has 0 aromatic rings. The molecule has 0 heterocycles. The van der Waals surface area contributed by atoms with Gasteiger partial charge in [-0.1, -0.05) is 188 Å². The zero-order chi connectivity index (χ0) is 56.0. The second-order valence-corrected chi connectivity index (χ2v) is 20.9. The lowest BCUT2D eigenvalue weighted by Crippen LogP contribution is -2.35.